The van der Waals surface area contributed by atoms with Gasteiger partial charge in [0.15, 0.2) is 0 Å². The topological polar surface area (TPSA) is 89.8 Å². The lowest BCUT2D eigenvalue weighted by Crippen LogP contribution is -2.30. The first-order valence-corrected chi connectivity index (χ1v) is 6.19. The molecule has 0 heterocycles. The number of nitrogens with one attached hydrogen (secondary N) is 1. The second-order valence-electron chi connectivity index (χ2n) is 4.47. The van der Waals surface area contributed by atoms with Crippen molar-refractivity contribution in [1.29, 1.82) is 0 Å². The zero-order valence-electron chi connectivity index (χ0n) is 11.0. The third-order valence-corrected chi connectivity index (χ3v) is 2.94. The van der Waals surface area contributed by atoms with E-state index in [4.69, 9.17) is 15.2 Å². The van der Waals surface area contributed by atoms with Gasteiger partial charge >= 0.3 is 13.1 Å². The van der Waals surface area contributed by atoms with Gasteiger partial charge in [0.2, 0.25) is 0 Å². The first kappa shape index (κ1) is 15.0. The average Bonchev–Trinajstić information content (AvgIpc) is 2.46. The van der Waals surface area contributed by atoms with E-state index in [1.54, 1.807) is 18.2 Å². The molecule has 0 radical (unpaired) electrons. The van der Waals surface area contributed by atoms with Crippen molar-refractivity contribution in [1.82, 2.24) is 0 Å². The molecule has 0 amide bonds. The second-order valence-corrected chi connectivity index (χ2v) is 4.47. The van der Waals surface area contributed by atoms with Gasteiger partial charge in [-0.25, -0.2) is 9.18 Å². The van der Waals surface area contributed by atoms with Crippen LogP contribution in [0, 0.1) is 5.82 Å². The standard InChI is InChI=1S/C14H13BFNO4/c16-13-4-2-1-3-9(13)8-17-12-6-10(14(18)19)5-11(7-12)15(20)21/h1-7,17,20-21H,8H2,(H,18,19). The maximum atomic E-state index is 13.5. The van der Waals surface area contributed by atoms with Gasteiger partial charge in [-0.05, 0) is 29.7 Å². The molecule has 0 fully saturated rings. The first-order valence-electron chi connectivity index (χ1n) is 6.19. The van der Waals surface area contributed by atoms with Crippen molar-refractivity contribution in [2.45, 2.75) is 6.54 Å². The van der Waals surface area contributed by atoms with Gasteiger partial charge in [-0.1, -0.05) is 18.2 Å². The Kier molecular flexibility index (Phi) is 4.57. The number of carbonyl (C=O) groups is 1. The maximum Gasteiger partial charge on any atom is 0.488 e. The molecule has 0 atom stereocenters. The average molecular weight is 289 g/mol. The Balaban J connectivity index is 2.23. The van der Waals surface area contributed by atoms with E-state index in [-0.39, 0.29) is 23.4 Å². The van der Waals surface area contributed by atoms with Crippen LogP contribution in [0.3, 0.4) is 0 Å². The highest BCUT2D eigenvalue weighted by molar-refractivity contribution is 6.58. The predicted molar refractivity (Wildman–Crippen MR) is 77.0 cm³/mol. The fourth-order valence-corrected chi connectivity index (χ4v) is 1.87. The van der Waals surface area contributed by atoms with Gasteiger partial charge in [0.05, 0.1) is 5.56 Å². The van der Waals surface area contributed by atoms with Gasteiger partial charge in [0.1, 0.15) is 5.82 Å². The number of carboxylic acid groups (broad SMARTS) is 1. The van der Waals surface area contributed by atoms with E-state index in [0.717, 1.165) is 0 Å². The Morgan fingerprint density at radius 1 is 1.19 bits per heavy atom. The van der Waals surface area contributed by atoms with Gasteiger partial charge < -0.3 is 20.5 Å². The van der Waals surface area contributed by atoms with Crippen molar-refractivity contribution >= 4 is 24.2 Å². The highest BCUT2D eigenvalue weighted by Crippen LogP contribution is 2.13. The summed E-state index contributed by atoms with van der Waals surface area (Å²) in [5, 5.41) is 30.2. The van der Waals surface area contributed by atoms with Crippen LogP contribution >= 0.6 is 0 Å². The van der Waals surface area contributed by atoms with Gasteiger partial charge in [-0.3, -0.25) is 0 Å². The summed E-state index contributed by atoms with van der Waals surface area (Å²) in [4.78, 5) is 11.0. The largest absolute Gasteiger partial charge is 0.488 e. The SMILES string of the molecule is O=C(O)c1cc(NCc2ccccc2F)cc(B(O)O)c1. The minimum absolute atomic E-state index is 0.0472. The Morgan fingerprint density at radius 2 is 1.90 bits per heavy atom. The van der Waals surface area contributed by atoms with Crippen LogP contribution in [0.1, 0.15) is 15.9 Å². The molecule has 0 bridgehead atoms. The molecule has 0 aliphatic carbocycles. The van der Waals surface area contributed by atoms with Crippen molar-refractivity contribution < 1.29 is 24.3 Å². The summed E-state index contributed by atoms with van der Waals surface area (Å²) < 4.78 is 13.5. The number of anilines is 1. The molecule has 0 aromatic heterocycles. The number of hydrogen-bond acceptors (Lipinski definition) is 4. The molecule has 2 rings (SSSR count). The lowest BCUT2D eigenvalue weighted by Gasteiger charge is -2.10. The normalized spacial score (nSPS) is 10.2. The van der Waals surface area contributed by atoms with Crippen molar-refractivity contribution in [3.05, 3.63) is 59.4 Å². The number of hydrogen-bond donors (Lipinski definition) is 4. The minimum atomic E-state index is -1.78. The number of halogens is 1. The Labute approximate surface area is 120 Å². The monoisotopic (exact) mass is 289 g/mol. The second kappa shape index (κ2) is 6.38. The molecule has 2 aromatic rings. The third kappa shape index (κ3) is 3.81. The molecule has 2 aromatic carbocycles. The van der Waals surface area contributed by atoms with Crippen LogP contribution in [0.25, 0.3) is 0 Å². The van der Waals surface area contributed by atoms with Crippen molar-refractivity contribution in [2.75, 3.05) is 5.32 Å². The molecule has 21 heavy (non-hydrogen) atoms. The maximum absolute atomic E-state index is 13.5. The van der Waals surface area contributed by atoms with Crippen LogP contribution in [-0.4, -0.2) is 28.2 Å². The van der Waals surface area contributed by atoms with E-state index in [0.29, 0.717) is 11.3 Å². The summed E-state index contributed by atoms with van der Waals surface area (Å²) in [6, 6.07) is 10.1. The van der Waals surface area contributed by atoms with E-state index in [1.165, 1.54) is 24.3 Å². The molecule has 5 nitrogen and oxygen atoms in total. The third-order valence-electron chi connectivity index (χ3n) is 2.94. The molecular formula is C14H13BFNO4. The highest BCUT2D eigenvalue weighted by Gasteiger charge is 2.15. The van der Waals surface area contributed by atoms with Crippen LogP contribution in [0.15, 0.2) is 42.5 Å². The van der Waals surface area contributed by atoms with Gasteiger partial charge in [-0.15, -0.1) is 0 Å². The lowest BCUT2D eigenvalue weighted by atomic mass is 9.79. The smallest absolute Gasteiger partial charge is 0.478 e. The molecule has 0 saturated carbocycles. The Bertz CT molecular complexity index is 663. The molecule has 0 unspecified atom stereocenters. The Morgan fingerprint density at radius 3 is 2.52 bits per heavy atom. The summed E-state index contributed by atoms with van der Waals surface area (Å²) in [5.74, 6) is -1.56. The number of aromatic carboxylic acids is 1. The fourth-order valence-electron chi connectivity index (χ4n) is 1.87. The van der Waals surface area contributed by atoms with E-state index in [9.17, 15) is 9.18 Å². The zero-order chi connectivity index (χ0) is 15.4. The Hall–Kier alpha value is -2.38. The molecule has 0 aliphatic heterocycles. The first-order chi connectivity index (χ1) is 9.97. The van der Waals surface area contributed by atoms with Crippen molar-refractivity contribution in [3.63, 3.8) is 0 Å². The van der Waals surface area contributed by atoms with E-state index in [2.05, 4.69) is 5.32 Å². The van der Waals surface area contributed by atoms with Gasteiger partial charge in [-0.2, -0.15) is 0 Å². The fraction of sp³-hybridized carbons (Fsp3) is 0.0714. The molecule has 7 heteroatoms. The lowest BCUT2D eigenvalue weighted by molar-refractivity contribution is 0.0697. The minimum Gasteiger partial charge on any atom is -0.478 e. The highest BCUT2D eigenvalue weighted by atomic mass is 19.1. The van der Waals surface area contributed by atoms with Crippen LogP contribution in [0.5, 0.6) is 0 Å². The summed E-state index contributed by atoms with van der Waals surface area (Å²) in [5.41, 5.74) is 0.744. The molecule has 0 saturated heterocycles. The number of benzene rings is 2. The van der Waals surface area contributed by atoms with Crippen molar-refractivity contribution in [3.8, 4) is 0 Å². The van der Waals surface area contributed by atoms with E-state index < -0.39 is 13.1 Å². The van der Waals surface area contributed by atoms with Gasteiger partial charge in [0, 0.05) is 17.8 Å². The summed E-state index contributed by atoms with van der Waals surface area (Å²) in [6.45, 7) is 0.150. The van der Waals surface area contributed by atoms with E-state index in [1.807, 2.05) is 0 Å². The van der Waals surface area contributed by atoms with E-state index >= 15 is 0 Å². The predicted octanol–water partition coefficient (Wildman–Crippen LogP) is 0.816. The molecule has 0 aliphatic rings. The van der Waals surface area contributed by atoms with Crippen LogP contribution in [0.2, 0.25) is 0 Å². The summed E-state index contributed by atoms with van der Waals surface area (Å²) in [7, 11) is -1.78. The zero-order valence-corrected chi connectivity index (χ0v) is 11.0. The van der Waals surface area contributed by atoms with Crippen LogP contribution < -0.4 is 10.8 Å². The number of carboxylic acids is 1. The van der Waals surface area contributed by atoms with Crippen LogP contribution in [0.4, 0.5) is 10.1 Å². The van der Waals surface area contributed by atoms with Gasteiger partial charge in [0.25, 0.3) is 0 Å². The molecule has 108 valence electrons. The number of rotatable bonds is 5. The van der Waals surface area contributed by atoms with Crippen LogP contribution in [-0.2, 0) is 6.54 Å². The summed E-state index contributed by atoms with van der Waals surface area (Å²) in [6.07, 6.45) is 0. The quantitative estimate of drug-likeness (QED) is 0.612. The van der Waals surface area contributed by atoms with Crippen molar-refractivity contribution in [2.24, 2.45) is 0 Å². The molecule has 4 N–H and O–H groups in total. The molecule has 0 spiro atoms. The molecular weight excluding hydrogens is 276 g/mol. The summed E-state index contributed by atoms with van der Waals surface area (Å²) >= 11 is 0.